The van der Waals surface area contributed by atoms with Crippen molar-refractivity contribution in [2.75, 3.05) is 36.8 Å². The van der Waals surface area contributed by atoms with Crippen molar-refractivity contribution in [1.29, 1.82) is 0 Å². The number of pyridine rings is 1. The predicted octanol–water partition coefficient (Wildman–Crippen LogP) is 2.27. The van der Waals surface area contributed by atoms with Crippen molar-refractivity contribution >= 4 is 28.2 Å². The minimum atomic E-state index is -0.0751. The van der Waals surface area contributed by atoms with Gasteiger partial charge in [0, 0.05) is 42.4 Å². The van der Waals surface area contributed by atoms with Crippen LogP contribution in [-0.4, -0.2) is 42.0 Å². The molecule has 23 heavy (non-hydrogen) atoms. The number of nitrogens with two attached hydrogens (primary N) is 1. The second-order valence-electron chi connectivity index (χ2n) is 6.92. The number of hydrogen-bond donors (Lipinski definition) is 1. The summed E-state index contributed by atoms with van der Waals surface area (Å²) < 4.78 is 0. The molecule has 0 atom stereocenters. The monoisotopic (exact) mass is 310 g/mol. The third-order valence-electron chi connectivity index (χ3n) is 5.19. The first-order valence-corrected chi connectivity index (χ1v) is 8.26. The van der Waals surface area contributed by atoms with Gasteiger partial charge in [-0.2, -0.15) is 0 Å². The molecule has 2 aliphatic rings. The molecule has 1 amide bonds. The second kappa shape index (κ2) is 5.11. The van der Waals surface area contributed by atoms with Gasteiger partial charge in [0.15, 0.2) is 0 Å². The van der Waals surface area contributed by atoms with Gasteiger partial charge in [0.25, 0.3) is 0 Å². The van der Waals surface area contributed by atoms with Crippen LogP contribution in [0.2, 0.25) is 0 Å². The average molecular weight is 310 g/mol. The van der Waals surface area contributed by atoms with Crippen LogP contribution < -0.4 is 10.6 Å². The summed E-state index contributed by atoms with van der Waals surface area (Å²) in [6.45, 7) is 5.27. The van der Waals surface area contributed by atoms with E-state index in [0.717, 1.165) is 55.6 Å². The average Bonchev–Trinajstić information content (AvgIpc) is 3.34. The van der Waals surface area contributed by atoms with E-state index in [1.165, 1.54) is 0 Å². The summed E-state index contributed by atoms with van der Waals surface area (Å²) in [7, 11) is 0. The van der Waals surface area contributed by atoms with Crippen LogP contribution in [0.15, 0.2) is 30.5 Å². The van der Waals surface area contributed by atoms with Crippen molar-refractivity contribution in [2.45, 2.75) is 19.8 Å². The molecule has 2 N–H and O–H groups in total. The molecule has 0 bridgehead atoms. The van der Waals surface area contributed by atoms with Crippen LogP contribution in [0.25, 0.3) is 10.8 Å². The van der Waals surface area contributed by atoms with Crippen LogP contribution in [-0.2, 0) is 4.79 Å². The Bertz CT molecular complexity index is 761. The predicted molar refractivity (Wildman–Crippen MR) is 92.3 cm³/mol. The molecule has 1 saturated carbocycles. The lowest BCUT2D eigenvalue weighted by molar-refractivity contribution is -0.136. The standard InChI is InChI=1S/C18H22N4O/c1-18(6-7-18)17(23)22-10-8-21(9-11-22)16-14-5-3-2-4-13(14)15(19)12-20-16/h2-5,12H,6-11,19H2,1H3. The van der Waals surface area contributed by atoms with Crippen molar-refractivity contribution in [2.24, 2.45) is 5.41 Å². The number of anilines is 2. The maximum Gasteiger partial charge on any atom is 0.228 e. The molecular weight excluding hydrogens is 288 g/mol. The first kappa shape index (κ1) is 14.3. The molecule has 0 radical (unpaired) electrons. The van der Waals surface area contributed by atoms with Gasteiger partial charge in [0.05, 0.1) is 11.9 Å². The summed E-state index contributed by atoms with van der Waals surface area (Å²) in [5.74, 6) is 1.30. The van der Waals surface area contributed by atoms with E-state index >= 15 is 0 Å². The van der Waals surface area contributed by atoms with Gasteiger partial charge in [-0.1, -0.05) is 31.2 Å². The zero-order valence-electron chi connectivity index (χ0n) is 13.5. The molecule has 1 aromatic heterocycles. The highest BCUT2D eigenvalue weighted by molar-refractivity contribution is 5.99. The second-order valence-corrected chi connectivity index (χ2v) is 6.92. The lowest BCUT2D eigenvalue weighted by Gasteiger charge is -2.37. The summed E-state index contributed by atoms with van der Waals surface area (Å²) in [4.78, 5) is 21.3. The Labute approximate surface area is 136 Å². The smallest absolute Gasteiger partial charge is 0.228 e. The summed E-state index contributed by atoms with van der Waals surface area (Å²) in [5.41, 5.74) is 6.67. The first-order valence-electron chi connectivity index (χ1n) is 8.26. The number of aromatic nitrogens is 1. The van der Waals surface area contributed by atoms with Crippen LogP contribution in [0.4, 0.5) is 11.5 Å². The number of nitrogen functional groups attached to an aromatic ring is 1. The molecule has 0 spiro atoms. The van der Waals surface area contributed by atoms with Crippen molar-refractivity contribution in [3.63, 3.8) is 0 Å². The van der Waals surface area contributed by atoms with E-state index in [4.69, 9.17) is 5.73 Å². The third-order valence-corrected chi connectivity index (χ3v) is 5.19. The Morgan fingerprint density at radius 3 is 2.43 bits per heavy atom. The van der Waals surface area contributed by atoms with E-state index in [1.807, 2.05) is 23.1 Å². The van der Waals surface area contributed by atoms with Gasteiger partial charge in [-0.15, -0.1) is 0 Å². The number of piperazine rings is 1. The minimum Gasteiger partial charge on any atom is -0.397 e. The van der Waals surface area contributed by atoms with Gasteiger partial charge in [0.2, 0.25) is 5.91 Å². The number of hydrogen-bond acceptors (Lipinski definition) is 4. The van der Waals surface area contributed by atoms with Gasteiger partial charge < -0.3 is 15.5 Å². The highest BCUT2D eigenvalue weighted by Crippen LogP contribution is 2.46. The maximum absolute atomic E-state index is 12.5. The largest absolute Gasteiger partial charge is 0.397 e. The highest BCUT2D eigenvalue weighted by atomic mass is 16.2. The Hall–Kier alpha value is -2.30. The maximum atomic E-state index is 12.5. The van der Waals surface area contributed by atoms with Gasteiger partial charge >= 0.3 is 0 Å². The molecule has 5 heteroatoms. The van der Waals surface area contributed by atoms with E-state index in [9.17, 15) is 4.79 Å². The van der Waals surface area contributed by atoms with Crippen molar-refractivity contribution in [3.8, 4) is 0 Å². The molecule has 1 aromatic carbocycles. The van der Waals surface area contributed by atoms with Crippen LogP contribution in [0.3, 0.4) is 0 Å². The number of amides is 1. The summed E-state index contributed by atoms with van der Waals surface area (Å²) in [5, 5.41) is 2.13. The van der Waals surface area contributed by atoms with Crippen LogP contribution in [0.5, 0.6) is 0 Å². The quantitative estimate of drug-likeness (QED) is 0.924. The number of fused-ring (bicyclic) bond motifs is 1. The van der Waals surface area contributed by atoms with Gasteiger partial charge in [-0.05, 0) is 12.8 Å². The fraction of sp³-hybridized carbons (Fsp3) is 0.444. The molecule has 120 valence electrons. The number of benzene rings is 1. The fourth-order valence-electron chi connectivity index (χ4n) is 3.36. The lowest BCUT2D eigenvalue weighted by Crippen LogP contribution is -2.50. The van der Waals surface area contributed by atoms with E-state index in [2.05, 4.69) is 22.9 Å². The van der Waals surface area contributed by atoms with Crippen LogP contribution in [0.1, 0.15) is 19.8 Å². The number of carbonyl (C=O) groups excluding carboxylic acids is 1. The Morgan fingerprint density at radius 1 is 1.13 bits per heavy atom. The fourth-order valence-corrected chi connectivity index (χ4v) is 3.36. The van der Waals surface area contributed by atoms with Crippen LogP contribution >= 0.6 is 0 Å². The molecule has 2 aromatic rings. The molecule has 1 aliphatic carbocycles. The highest BCUT2D eigenvalue weighted by Gasteiger charge is 2.47. The Balaban J connectivity index is 1.55. The van der Waals surface area contributed by atoms with E-state index in [0.29, 0.717) is 11.6 Å². The van der Waals surface area contributed by atoms with Crippen molar-refractivity contribution in [1.82, 2.24) is 9.88 Å². The van der Waals surface area contributed by atoms with Crippen LogP contribution in [0, 0.1) is 5.41 Å². The molecule has 2 fully saturated rings. The number of carbonyl (C=O) groups is 1. The van der Waals surface area contributed by atoms with Gasteiger partial charge in [0.1, 0.15) is 5.82 Å². The number of nitrogens with zero attached hydrogens (tertiary/aromatic N) is 3. The van der Waals surface area contributed by atoms with Gasteiger partial charge in [-0.3, -0.25) is 4.79 Å². The third kappa shape index (κ3) is 2.40. The summed E-state index contributed by atoms with van der Waals surface area (Å²) >= 11 is 0. The topological polar surface area (TPSA) is 62.5 Å². The summed E-state index contributed by atoms with van der Waals surface area (Å²) in [6.07, 6.45) is 3.81. The van der Waals surface area contributed by atoms with E-state index in [1.54, 1.807) is 6.20 Å². The van der Waals surface area contributed by atoms with Gasteiger partial charge in [-0.25, -0.2) is 4.98 Å². The van der Waals surface area contributed by atoms with E-state index < -0.39 is 0 Å². The Morgan fingerprint density at radius 2 is 1.78 bits per heavy atom. The molecule has 1 saturated heterocycles. The molecular formula is C18H22N4O. The minimum absolute atomic E-state index is 0.0751. The SMILES string of the molecule is CC1(C(=O)N2CCN(c3ncc(N)c4ccccc34)CC2)CC1. The zero-order valence-corrected chi connectivity index (χ0v) is 13.5. The number of rotatable bonds is 2. The Kier molecular flexibility index (Phi) is 3.18. The molecule has 2 heterocycles. The van der Waals surface area contributed by atoms with E-state index in [-0.39, 0.29) is 5.41 Å². The van der Waals surface area contributed by atoms with Crippen molar-refractivity contribution < 1.29 is 4.79 Å². The molecule has 1 aliphatic heterocycles. The van der Waals surface area contributed by atoms with Crippen molar-refractivity contribution in [3.05, 3.63) is 30.5 Å². The molecule has 4 rings (SSSR count). The normalized spacial score (nSPS) is 19.9. The summed E-state index contributed by atoms with van der Waals surface area (Å²) in [6, 6.07) is 8.11. The first-order chi connectivity index (χ1) is 11.1. The molecule has 0 unspecified atom stereocenters. The zero-order chi connectivity index (χ0) is 16.0. The lowest BCUT2D eigenvalue weighted by atomic mass is 10.1. The molecule has 5 nitrogen and oxygen atoms in total.